The predicted octanol–water partition coefficient (Wildman–Crippen LogP) is 1.31. The molecular weight excluding hydrogens is 224 g/mol. The fraction of sp³-hybridized carbons (Fsp3) is 1.00. The molecule has 0 aromatic heterocycles. The molecule has 0 radical (unpaired) electrons. The van der Waals surface area contributed by atoms with E-state index in [9.17, 15) is 8.42 Å². The lowest BCUT2D eigenvalue weighted by molar-refractivity contribution is 0.150. The monoisotopic (exact) mass is 240 g/mol. The summed E-state index contributed by atoms with van der Waals surface area (Å²) in [6.45, 7) is 2.58. The third-order valence-electron chi connectivity index (χ3n) is 2.69. The van der Waals surface area contributed by atoms with Crippen LogP contribution in [-0.4, -0.2) is 39.0 Å². The molecule has 0 saturated carbocycles. The molecule has 1 aliphatic heterocycles. The maximum Gasteiger partial charge on any atom is 0.150 e. The quantitative estimate of drug-likeness (QED) is 0.696. The molecule has 1 aliphatic rings. The van der Waals surface area contributed by atoms with Crippen molar-refractivity contribution >= 4 is 21.4 Å². The summed E-state index contributed by atoms with van der Waals surface area (Å²) in [6, 6.07) is 0. The van der Waals surface area contributed by atoms with Gasteiger partial charge in [0.2, 0.25) is 0 Å². The van der Waals surface area contributed by atoms with E-state index in [-0.39, 0.29) is 23.0 Å². The van der Waals surface area contributed by atoms with Gasteiger partial charge in [-0.2, -0.15) is 0 Å². The van der Waals surface area contributed by atoms with Crippen LogP contribution in [0, 0.1) is 11.8 Å². The second-order valence-electron chi connectivity index (χ2n) is 4.04. The molecule has 0 amide bonds. The van der Waals surface area contributed by atoms with Gasteiger partial charge < -0.3 is 4.74 Å². The SMILES string of the molecule is COCC(C)C(Cl)C1CCS(=O)(=O)C1. The fourth-order valence-electron chi connectivity index (χ4n) is 1.89. The molecule has 3 unspecified atom stereocenters. The van der Waals surface area contributed by atoms with Gasteiger partial charge in [-0.25, -0.2) is 8.42 Å². The Hall–Kier alpha value is 0.200. The smallest absolute Gasteiger partial charge is 0.150 e. The Morgan fingerprint density at radius 2 is 2.21 bits per heavy atom. The first-order valence-electron chi connectivity index (χ1n) is 4.79. The lowest BCUT2D eigenvalue weighted by Crippen LogP contribution is -2.26. The normalized spacial score (nSPS) is 30.1. The topological polar surface area (TPSA) is 43.4 Å². The molecule has 84 valence electrons. The van der Waals surface area contributed by atoms with Gasteiger partial charge in [0.05, 0.1) is 18.1 Å². The van der Waals surface area contributed by atoms with E-state index in [2.05, 4.69) is 0 Å². The maximum atomic E-state index is 11.2. The molecule has 1 fully saturated rings. The molecule has 1 rings (SSSR count). The minimum atomic E-state index is -2.81. The van der Waals surface area contributed by atoms with Crippen LogP contribution in [0.1, 0.15) is 13.3 Å². The zero-order valence-electron chi connectivity index (χ0n) is 8.57. The van der Waals surface area contributed by atoms with Crippen molar-refractivity contribution in [3.8, 4) is 0 Å². The van der Waals surface area contributed by atoms with Gasteiger partial charge in [0.15, 0.2) is 9.84 Å². The number of hydrogen-bond donors (Lipinski definition) is 0. The van der Waals surface area contributed by atoms with Crippen molar-refractivity contribution in [3.05, 3.63) is 0 Å². The third kappa shape index (κ3) is 3.11. The van der Waals surface area contributed by atoms with Crippen LogP contribution in [0.3, 0.4) is 0 Å². The van der Waals surface area contributed by atoms with Gasteiger partial charge in [-0.1, -0.05) is 6.92 Å². The third-order valence-corrected chi connectivity index (χ3v) is 5.27. The van der Waals surface area contributed by atoms with Gasteiger partial charge in [0, 0.05) is 12.5 Å². The van der Waals surface area contributed by atoms with Gasteiger partial charge in [-0.15, -0.1) is 11.6 Å². The van der Waals surface area contributed by atoms with Gasteiger partial charge in [-0.05, 0) is 18.3 Å². The van der Waals surface area contributed by atoms with Gasteiger partial charge in [0.1, 0.15) is 0 Å². The Kier molecular flexibility index (Phi) is 4.22. The molecule has 3 atom stereocenters. The van der Waals surface area contributed by atoms with Crippen LogP contribution >= 0.6 is 11.6 Å². The van der Waals surface area contributed by atoms with Crippen LogP contribution in [0.25, 0.3) is 0 Å². The van der Waals surface area contributed by atoms with E-state index >= 15 is 0 Å². The molecule has 3 nitrogen and oxygen atoms in total. The number of hydrogen-bond acceptors (Lipinski definition) is 3. The van der Waals surface area contributed by atoms with Crippen molar-refractivity contribution in [2.24, 2.45) is 11.8 Å². The molecular formula is C9H17ClO3S. The molecule has 0 N–H and O–H groups in total. The number of ether oxygens (including phenoxy) is 1. The Bertz CT molecular complexity index is 276. The van der Waals surface area contributed by atoms with E-state index in [1.165, 1.54) is 0 Å². The summed E-state index contributed by atoms with van der Waals surface area (Å²) in [4.78, 5) is 0. The van der Waals surface area contributed by atoms with Crippen molar-refractivity contribution in [3.63, 3.8) is 0 Å². The highest BCUT2D eigenvalue weighted by atomic mass is 35.5. The van der Waals surface area contributed by atoms with Gasteiger partial charge in [-0.3, -0.25) is 0 Å². The number of sulfone groups is 1. The second kappa shape index (κ2) is 4.81. The van der Waals surface area contributed by atoms with E-state index < -0.39 is 9.84 Å². The zero-order valence-corrected chi connectivity index (χ0v) is 10.1. The maximum absolute atomic E-state index is 11.2. The molecule has 1 heterocycles. The van der Waals surface area contributed by atoms with Crippen LogP contribution < -0.4 is 0 Å². The molecule has 0 aromatic rings. The van der Waals surface area contributed by atoms with Crippen LogP contribution in [0.2, 0.25) is 0 Å². The van der Waals surface area contributed by atoms with Gasteiger partial charge in [0.25, 0.3) is 0 Å². The molecule has 14 heavy (non-hydrogen) atoms. The fourth-order valence-corrected chi connectivity index (χ4v) is 4.14. The molecule has 1 saturated heterocycles. The van der Waals surface area contributed by atoms with Crippen molar-refractivity contribution in [1.29, 1.82) is 0 Å². The Morgan fingerprint density at radius 1 is 1.57 bits per heavy atom. The summed E-state index contributed by atoms with van der Waals surface area (Å²) in [6.07, 6.45) is 0.699. The summed E-state index contributed by atoms with van der Waals surface area (Å²) < 4.78 is 27.5. The highest BCUT2D eigenvalue weighted by Crippen LogP contribution is 2.29. The molecule has 0 aromatic carbocycles. The van der Waals surface area contributed by atoms with E-state index in [0.717, 1.165) is 0 Å². The zero-order chi connectivity index (χ0) is 10.8. The summed E-state index contributed by atoms with van der Waals surface area (Å²) in [5.41, 5.74) is 0. The number of halogens is 1. The highest BCUT2D eigenvalue weighted by molar-refractivity contribution is 7.91. The largest absolute Gasteiger partial charge is 0.384 e. The average Bonchev–Trinajstić information content (AvgIpc) is 2.45. The summed E-state index contributed by atoms with van der Waals surface area (Å²) in [5.74, 6) is 0.849. The molecule has 5 heteroatoms. The van der Waals surface area contributed by atoms with E-state index in [1.807, 2.05) is 6.92 Å². The Labute approximate surface area is 90.7 Å². The van der Waals surface area contributed by atoms with Crippen LogP contribution in [-0.2, 0) is 14.6 Å². The predicted molar refractivity (Wildman–Crippen MR) is 57.4 cm³/mol. The molecule has 0 spiro atoms. The first-order chi connectivity index (χ1) is 6.46. The van der Waals surface area contributed by atoms with Gasteiger partial charge >= 0.3 is 0 Å². The van der Waals surface area contributed by atoms with Crippen LogP contribution in [0.5, 0.6) is 0 Å². The minimum absolute atomic E-state index is 0.0905. The number of alkyl halides is 1. The molecule has 0 aliphatic carbocycles. The van der Waals surface area contributed by atoms with Crippen LogP contribution in [0.4, 0.5) is 0 Å². The Morgan fingerprint density at radius 3 is 2.64 bits per heavy atom. The van der Waals surface area contributed by atoms with Crippen LogP contribution in [0.15, 0.2) is 0 Å². The Balaban J connectivity index is 2.50. The number of methoxy groups -OCH3 is 1. The summed E-state index contributed by atoms with van der Waals surface area (Å²) >= 11 is 6.20. The van der Waals surface area contributed by atoms with Crippen molar-refractivity contribution in [2.45, 2.75) is 18.7 Å². The van der Waals surface area contributed by atoms with Crippen molar-refractivity contribution in [1.82, 2.24) is 0 Å². The molecule has 0 bridgehead atoms. The first kappa shape index (κ1) is 12.3. The van der Waals surface area contributed by atoms with E-state index in [1.54, 1.807) is 7.11 Å². The first-order valence-corrected chi connectivity index (χ1v) is 7.05. The van der Waals surface area contributed by atoms with E-state index in [4.69, 9.17) is 16.3 Å². The van der Waals surface area contributed by atoms with Crippen molar-refractivity contribution < 1.29 is 13.2 Å². The lowest BCUT2D eigenvalue weighted by atomic mass is 9.95. The highest BCUT2D eigenvalue weighted by Gasteiger charge is 2.34. The summed E-state index contributed by atoms with van der Waals surface area (Å²) in [7, 11) is -1.18. The van der Waals surface area contributed by atoms with Crippen molar-refractivity contribution in [2.75, 3.05) is 25.2 Å². The second-order valence-corrected chi connectivity index (χ2v) is 6.77. The number of rotatable bonds is 4. The average molecular weight is 241 g/mol. The lowest BCUT2D eigenvalue weighted by Gasteiger charge is -2.21. The standard InChI is InChI=1S/C9H17ClO3S/c1-7(5-13-2)9(10)8-3-4-14(11,12)6-8/h7-9H,3-6H2,1-2H3. The summed E-state index contributed by atoms with van der Waals surface area (Å²) in [5, 5.41) is -0.0905. The van der Waals surface area contributed by atoms with E-state index in [0.29, 0.717) is 18.8 Å². The minimum Gasteiger partial charge on any atom is -0.384 e.